The highest BCUT2D eigenvalue weighted by molar-refractivity contribution is 5.78. The van der Waals surface area contributed by atoms with Crippen LogP contribution in [-0.4, -0.2) is 62.8 Å². The Morgan fingerprint density at radius 3 is 2.74 bits per heavy atom. The fourth-order valence-electron chi connectivity index (χ4n) is 3.36. The highest BCUT2D eigenvalue weighted by Gasteiger charge is 2.21. The molecule has 0 unspecified atom stereocenters. The largest absolute Gasteiger partial charge is 0.376 e. The molecule has 2 aliphatic rings. The van der Waals surface area contributed by atoms with E-state index in [0.717, 1.165) is 45.6 Å². The van der Waals surface area contributed by atoms with Gasteiger partial charge in [0.1, 0.15) is 0 Å². The summed E-state index contributed by atoms with van der Waals surface area (Å²) >= 11 is 0. The maximum Gasteiger partial charge on any atom is 0.234 e. The zero-order valence-corrected chi connectivity index (χ0v) is 14.0. The van der Waals surface area contributed by atoms with Crippen LogP contribution in [0.1, 0.15) is 18.4 Å². The number of nitrogens with zero attached hydrogens (tertiary/aromatic N) is 2. The second kappa shape index (κ2) is 7.79. The average molecular weight is 317 g/mol. The van der Waals surface area contributed by atoms with Gasteiger partial charge in [0.2, 0.25) is 5.91 Å². The van der Waals surface area contributed by atoms with Crippen LogP contribution in [0.15, 0.2) is 24.3 Å². The number of carbonyl (C=O) groups excluding carboxylic acids is 1. The van der Waals surface area contributed by atoms with Crippen LogP contribution in [-0.2, 0) is 9.53 Å². The fraction of sp³-hybridized carbons (Fsp3) is 0.611. The van der Waals surface area contributed by atoms with E-state index in [-0.39, 0.29) is 12.0 Å². The van der Waals surface area contributed by atoms with E-state index in [2.05, 4.69) is 46.3 Å². The van der Waals surface area contributed by atoms with Crippen LogP contribution < -0.4 is 10.2 Å². The van der Waals surface area contributed by atoms with Crippen molar-refractivity contribution in [3.05, 3.63) is 29.8 Å². The number of hydrogen-bond donors (Lipinski definition) is 1. The van der Waals surface area contributed by atoms with E-state index in [1.54, 1.807) is 0 Å². The third-order valence-corrected chi connectivity index (χ3v) is 4.75. The summed E-state index contributed by atoms with van der Waals surface area (Å²) in [6.07, 6.45) is 2.40. The van der Waals surface area contributed by atoms with Crippen molar-refractivity contribution in [1.29, 1.82) is 0 Å². The lowest BCUT2D eigenvalue weighted by molar-refractivity contribution is -0.122. The van der Waals surface area contributed by atoms with Crippen molar-refractivity contribution >= 4 is 11.6 Å². The molecule has 23 heavy (non-hydrogen) atoms. The minimum atomic E-state index is 0.116. The first-order valence-corrected chi connectivity index (χ1v) is 8.63. The number of amides is 1. The van der Waals surface area contributed by atoms with Crippen molar-refractivity contribution in [3.63, 3.8) is 0 Å². The smallest absolute Gasteiger partial charge is 0.234 e. The van der Waals surface area contributed by atoms with Crippen LogP contribution in [0.25, 0.3) is 0 Å². The molecule has 1 N–H and O–H groups in total. The van der Waals surface area contributed by atoms with Gasteiger partial charge >= 0.3 is 0 Å². The number of benzene rings is 1. The number of carbonyl (C=O) groups is 1. The Labute approximate surface area is 138 Å². The van der Waals surface area contributed by atoms with E-state index >= 15 is 0 Å². The van der Waals surface area contributed by atoms with Crippen molar-refractivity contribution in [3.8, 4) is 0 Å². The van der Waals surface area contributed by atoms with Crippen LogP contribution in [0.4, 0.5) is 5.69 Å². The summed E-state index contributed by atoms with van der Waals surface area (Å²) in [5.74, 6) is 0.116. The molecule has 126 valence electrons. The molecule has 2 saturated heterocycles. The van der Waals surface area contributed by atoms with Gasteiger partial charge in [0.05, 0.1) is 12.6 Å². The number of hydrogen-bond acceptors (Lipinski definition) is 4. The minimum Gasteiger partial charge on any atom is -0.376 e. The maximum atomic E-state index is 12.1. The van der Waals surface area contributed by atoms with Gasteiger partial charge in [-0.05, 0) is 31.4 Å². The number of nitrogens with one attached hydrogen (secondary N) is 1. The zero-order valence-electron chi connectivity index (χ0n) is 14.0. The lowest BCUT2D eigenvalue weighted by Crippen LogP contribution is -2.50. The van der Waals surface area contributed by atoms with Crippen LogP contribution >= 0.6 is 0 Å². The first kappa shape index (κ1) is 16.3. The SMILES string of the molecule is Cc1ccccc1N1CCN(CC(=O)NC[C@@H]2CCCO2)CC1. The van der Waals surface area contributed by atoms with E-state index in [9.17, 15) is 4.79 Å². The Morgan fingerprint density at radius 1 is 1.26 bits per heavy atom. The molecule has 1 aromatic rings. The Kier molecular flexibility index (Phi) is 5.51. The first-order valence-electron chi connectivity index (χ1n) is 8.63. The fourth-order valence-corrected chi connectivity index (χ4v) is 3.36. The van der Waals surface area contributed by atoms with Crippen molar-refractivity contribution < 1.29 is 9.53 Å². The molecule has 5 nitrogen and oxygen atoms in total. The molecule has 3 rings (SSSR count). The van der Waals surface area contributed by atoms with Crippen LogP contribution in [0, 0.1) is 6.92 Å². The molecule has 2 aliphatic heterocycles. The van der Waals surface area contributed by atoms with Crippen molar-refractivity contribution in [2.24, 2.45) is 0 Å². The predicted octanol–water partition coefficient (Wildman–Crippen LogP) is 1.41. The summed E-state index contributed by atoms with van der Waals surface area (Å²) in [5, 5.41) is 3.00. The summed E-state index contributed by atoms with van der Waals surface area (Å²) < 4.78 is 5.53. The highest BCUT2D eigenvalue weighted by Crippen LogP contribution is 2.20. The third-order valence-electron chi connectivity index (χ3n) is 4.75. The molecule has 1 atom stereocenters. The molecular formula is C18H27N3O2. The zero-order chi connectivity index (χ0) is 16.1. The molecule has 1 aromatic carbocycles. The molecule has 0 radical (unpaired) electrons. The lowest BCUT2D eigenvalue weighted by atomic mass is 10.1. The van der Waals surface area contributed by atoms with Crippen LogP contribution in [0.5, 0.6) is 0 Å². The quantitative estimate of drug-likeness (QED) is 0.892. The van der Waals surface area contributed by atoms with Crippen molar-refractivity contribution in [1.82, 2.24) is 10.2 Å². The summed E-state index contributed by atoms with van der Waals surface area (Å²) in [5.41, 5.74) is 2.63. The Morgan fingerprint density at radius 2 is 2.04 bits per heavy atom. The van der Waals surface area contributed by atoms with Gasteiger partial charge in [-0.25, -0.2) is 0 Å². The molecule has 1 amide bonds. The molecule has 0 aliphatic carbocycles. The lowest BCUT2D eigenvalue weighted by Gasteiger charge is -2.36. The van der Waals surface area contributed by atoms with Gasteiger partial charge in [0.25, 0.3) is 0 Å². The number of rotatable bonds is 5. The van der Waals surface area contributed by atoms with Crippen LogP contribution in [0.3, 0.4) is 0 Å². The third kappa shape index (κ3) is 4.45. The number of ether oxygens (including phenoxy) is 1. The molecule has 0 aromatic heterocycles. The number of anilines is 1. The van der Waals surface area contributed by atoms with Gasteiger partial charge in [-0.15, -0.1) is 0 Å². The van der Waals surface area contributed by atoms with Crippen LogP contribution in [0.2, 0.25) is 0 Å². The standard InChI is InChI=1S/C18H27N3O2/c1-15-5-2-3-7-17(15)21-10-8-20(9-11-21)14-18(22)19-13-16-6-4-12-23-16/h2-3,5,7,16H,4,6,8-14H2,1H3,(H,19,22)/t16-/m0/s1. The molecule has 0 spiro atoms. The average Bonchev–Trinajstić information content (AvgIpc) is 3.08. The van der Waals surface area contributed by atoms with E-state index < -0.39 is 0 Å². The summed E-state index contributed by atoms with van der Waals surface area (Å²) in [6.45, 7) is 7.95. The topological polar surface area (TPSA) is 44.8 Å². The predicted molar refractivity (Wildman–Crippen MR) is 91.8 cm³/mol. The monoisotopic (exact) mass is 317 g/mol. The molecule has 0 bridgehead atoms. The molecule has 2 heterocycles. The second-order valence-corrected chi connectivity index (χ2v) is 6.49. The first-order chi connectivity index (χ1) is 11.2. The van der Waals surface area contributed by atoms with Gasteiger partial charge in [-0.1, -0.05) is 18.2 Å². The van der Waals surface area contributed by atoms with E-state index in [1.165, 1.54) is 11.3 Å². The number of aryl methyl sites for hydroxylation is 1. The van der Waals surface area contributed by atoms with Gasteiger partial charge in [-0.3, -0.25) is 9.69 Å². The van der Waals surface area contributed by atoms with Crippen molar-refractivity contribution in [2.45, 2.75) is 25.9 Å². The van der Waals surface area contributed by atoms with Gasteiger partial charge in [-0.2, -0.15) is 0 Å². The molecule has 0 saturated carbocycles. The van der Waals surface area contributed by atoms with Gasteiger partial charge < -0.3 is 15.0 Å². The summed E-state index contributed by atoms with van der Waals surface area (Å²) in [6, 6.07) is 8.50. The Hall–Kier alpha value is -1.59. The Balaban J connectivity index is 1.40. The summed E-state index contributed by atoms with van der Waals surface area (Å²) in [7, 11) is 0. The molecule has 2 fully saturated rings. The van der Waals surface area contributed by atoms with Crippen molar-refractivity contribution in [2.75, 3.05) is 50.8 Å². The summed E-state index contributed by atoms with van der Waals surface area (Å²) in [4.78, 5) is 16.7. The number of piperazine rings is 1. The maximum absolute atomic E-state index is 12.1. The molecular weight excluding hydrogens is 290 g/mol. The van der Waals surface area contributed by atoms with E-state index in [1.807, 2.05) is 0 Å². The molecule has 5 heteroatoms. The van der Waals surface area contributed by atoms with E-state index in [0.29, 0.717) is 13.1 Å². The highest BCUT2D eigenvalue weighted by atomic mass is 16.5. The Bertz CT molecular complexity index is 521. The number of para-hydroxylation sites is 1. The van der Waals surface area contributed by atoms with Gasteiger partial charge in [0, 0.05) is 45.0 Å². The van der Waals surface area contributed by atoms with Gasteiger partial charge in [0.15, 0.2) is 0 Å². The normalized spacial score (nSPS) is 22.3. The minimum absolute atomic E-state index is 0.116. The van der Waals surface area contributed by atoms with E-state index in [4.69, 9.17) is 4.74 Å². The second-order valence-electron chi connectivity index (χ2n) is 6.49.